The normalized spacial score (nSPS) is 13.8. The summed E-state index contributed by atoms with van der Waals surface area (Å²) in [5, 5.41) is 13.0. The number of carboxylic acids is 1. The zero-order valence-electron chi connectivity index (χ0n) is 15.1. The van der Waals surface area contributed by atoms with E-state index in [1.165, 1.54) is 0 Å². The lowest BCUT2D eigenvalue weighted by Crippen LogP contribution is -2.50. The molecule has 0 saturated heterocycles. The van der Waals surface area contributed by atoms with Crippen LogP contribution in [-0.4, -0.2) is 34.1 Å². The van der Waals surface area contributed by atoms with Crippen LogP contribution in [0.5, 0.6) is 0 Å². The third-order valence-corrected chi connectivity index (χ3v) is 4.31. The van der Waals surface area contributed by atoms with Crippen LogP contribution in [0, 0.1) is 0 Å². The number of carboxylic acid groups (broad SMARTS) is 1. The number of carbonyl (C=O) groups is 2. The quantitative estimate of drug-likeness (QED) is 0.496. The third kappa shape index (κ3) is 4.10. The summed E-state index contributed by atoms with van der Waals surface area (Å²) in [4.78, 5) is 27.3. The maximum Gasteiger partial charge on any atom is 0.326 e. The topological polar surface area (TPSA) is 108 Å². The highest BCUT2D eigenvalue weighted by Crippen LogP contribution is 2.19. The Labute approximate surface area is 152 Å². The number of H-pyrrole nitrogens is 1. The second-order valence-corrected chi connectivity index (χ2v) is 6.21. The highest BCUT2D eigenvalue weighted by Gasteiger charge is 2.24. The molecule has 0 bridgehead atoms. The summed E-state index contributed by atoms with van der Waals surface area (Å²) in [5.74, 6) is -1.63. The van der Waals surface area contributed by atoms with E-state index in [2.05, 4.69) is 16.0 Å². The zero-order chi connectivity index (χ0) is 19.2. The van der Waals surface area contributed by atoms with Crippen LogP contribution in [0.1, 0.15) is 11.1 Å². The van der Waals surface area contributed by atoms with E-state index in [0.717, 1.165) is 22.0 Å². The maximum atomic E-state index is 12.5. The molecule has 1 amide bonds. The molecule has 134 valence electrons. The Kier molecular flexibility index (Phi) is 4.93. The Morgan fingerprint density at radius 3 is 2.58 bits per heavy atom. The van der Waals surface area contributed by atoms with Gasteiger partial charge in [0.2, 0.25) is 5.91 Å². The maximum absolute atomic E-state index is 12.5. The second-order valence-electron chi connectivity index (χ2n) is 6.21. The molecule has 6 heteroatoms. The van der Waals surface area contributed by atoms with Gasteiger partial charge in [0.1, 0.15) is 7.45 Å². The predicted molar refractivity (Wildman–Crippen MR) is 99.7 cm³/mol. The van der Waals surface area contributed by atoms with Crippen molar-refractivity contribution in [2.75, 3.05) is 0 Å². The van der Waals surface area contributed by atoms with Gasteiger partial charge in [0.15, 0.2) is 0 Å². The molecule has 1 aromatic heterocycles. The number of aromatic nitrogens is 1. The monoisotopic (exact) mass is 352 g/mol. The summed E-state index contributed by atoms with van der Waals surface area (Å²) in [7, 11) is 0. The summed E-state index contributed by atoms with van der Waals surface area (Å²) in [6.07, 6.45) is 2.22. The average molecular weight is 352 g/mol. The van der Waals surface area contributed by atoms with Gasteiger partial charge in [-0.1, -0.05) is 48.5 Å². The van der Waals surface area contributed by atoms with Gasteiger partial charge in [0, 0.05) is 23.5 Å². The van der Waals surface area contributed by atoms with Gasteiger partial charge in [-0.05, 0) is 23.6 Å². The van der Waals surface area contributed by atoms with Crippen LogP contribution < -0.4 is 11.0 Å². The summed E-state index contributed by atoms with van der Waals surface area (Å²) >= 11 is 0. The molecule has 0 spiro atoms. The molecule has 0 fully saturated rings. The van der Waals surface area contributed by atoms with Crippen molar-refractivity contribution in [1.82, 2.24) is 10.3 Å². The van der Waals surface area contributed by atoms with Gasteiger partial charge < -0.3 is 21.1 Å². The minimum absolute atomic E-state index is 0.154. The van der Waals surface area contributed by atoms with Crippen molar-refractivity contribution < 1.29 is 16.1 Å². The highest BCUT2D eigenvalue weighted by atomic mass is 16.4. The van der Waals surface area contributed by atoms with Crippen molar-refractivity contribution in [2.45, 2.75) is 24.9 Å². The number of nitrogens with one attached hydrogen (secondary N) is 2. The number of hydrogen-bond donors (Lipinski definition) is 4. The number of fused-ring (bicyclic) bond motifs is 1. The lowest BCUT2D eigenvalue weighted by molar-refractivity contribution is -0.141. The van der Waals surface area contributed by atoms with Crippen molar-refractivity contribution >= 4 is 22.8 Å². The second kappa shape index (κ2) is 7.84. The molecule has 2 atom stereocenters. The van der Waals surface area contributed by atoms with Gasteiger partial charge in [-0.2, -0.15) is 0 Å². The largest absolute Gasteiger partial charge is 0.480 e. The Hall–Kier alpha value is -3.12. The molecule has 26 heavy (non-hydrogen) atoms. The first-order chi connectivity index (χ1) is 13.1. The number of benzene rings is 2. The van der Waals surface area contributed by atoms with Crippen LogP contribution in [0.2, 0.25) is 1.41 Å². The fourth-order valence-corrected chi connectivity index (χ4v) is 2.94. The van der Waals surface area contributed by atoms with Crippen molar-refractivity contribution in [1.29, 1.82) is 0 Å². The van der Waals surface area contributed by atoms with Gasteiger partial charge >= 0.3 is 5.97 Å². The van der Waals surface area contributed by atoms with E-state index in [0.29, 0.717) is 6.42 Å². The molecule has 3 rings (SSSR count). The summed E-state index contributed by atoms with van der Waals surface area (Å²) in [6, 6.07) is 15.0. The first kappa shape index (κ1) is 16.4. The van der Waals surface area contributed by atoms with Gasteiger partial charge in [-0.15, -0.1) is 0 Å². The van der Waals surface area contributed by atoms with Crippen LogP contribution in [0.15, 0.2) is 60.8 Å². The molecule has 2 aromatic carbocycles. The van der Waals surface area contributed by atoms with Crippen LogP contribution in [-0.2, 0) is 22.4 Å². The van der Waals surface area contributed by atoms with Crippen molar-refractivity contribution in [2.24, 2.45) is 5.73 Å². The van der Waals surface area contributed by atoms with Gasteiger partial charge in [-0.25, -0.2) is 4.79 Å². The van der Waals surface area contributed by atoms with E-state index in [4.69, 9.17) is 1.41 Å². The molecule has 6 nitrogen and oxygen atoms in total. The fraction of sp³-hybridized carbons (Fsp3) is 0.200. The minimum atomic E-state index is -1.11. The summed E-state index contributed by atoms with van der Waals surface area (Å²) in [5.41, 5.74) is 4.84. The standard InChI is InChI=1S/C20H21N3O3/c21-16(10-13-6-2-1-3-7-13)19(24)23-18(20(25)26)11-14-12-22-17-9-5-4-8-15(14)17/h1-9,12,16,18,22H,10-11,21H2,(H,23,24)(H,25,26)/t16-,18-/m0/s1/i/hD. The Morgan fingerprint density at radius 2 is 1.85 bits per heavy atom. The molecule has 3 aromatic rings. The van der Waals surface area contributed by atoms with E-state index in [1.807, 2.05) is 54.6 Å². The molecule has 0 aliphatic carbocycles. The number of aliphatic carboxylic acids is 1. The number of aromatic amines is 1. The van der Waals surface area contributed by atoms with E-state index in [9.17, 15) is 14.7 Å². The SMILES string of the molecule is [2H]N[C@@H](Cc1ccccc1)C(=O)N[C@@H](Cc1c[nH]c2ccccc12)C(=O)O. The molecule has 0 saturated carbocycles. The van der Waals surface area contributed by atoms with E-state index in [1.54, 1.807) is 6.20 Å². The molecule has 0 aliphatic rings. The number of rotatable bonds is 8. The van der Waals surface area contributed by atoms with E-state index >= 15 is 0 Å². The van der Waals surface area contributed by atoms with Crippen LogP contribution in [0.3, 0.4) is 0 Å². The van der Waals surface area contributed by atoms with Gasteiger partial charge in [0.25, 0.3) is 0 Å². The number of para-hydroxylation sites is 1. The van der Waals surface area contributed by atoms with Crippen molar-refractivity contribution in [3.05, 3.63) is 71.9 Å². The number of amides is 1. The Bertz CT molecular complexity index is 926. The molecule has 5 N–H and O–H groups in total. The molecule has 0 radical (unpaired) electrons. The Balaban J connectivity index is 1.71. The van der Waals surface area contributed by atoms with Gasteiger partial charge in [0.05, 0.1) is 6.04 Å². The van der Waals surface area contributed by atoms with E-state index in [-0.39, 0.29) is 6.42 Å². The lowest BCUT2D eigenvalue weighted by atomic mass is 10.0. The molecular weight excluding hydrogens is 330 g/mol. The average Bonchev–Trinajstić information content (AvgIpc) is 3.09. The number of carbonyl (C=O) groups excluding carboxylic acids is 1. The fourth-order valence-electron chi connectivity index (χ4n) is 2.94. The van der Waals surface area contributed by atoms with Crippen LogP contribution in [0.25, 0.3) is 10.9 Å². The zero-order valence-corrected chi connectivity index (χ0v) is 14.1. The third-order valence-electron chi connectivity index (χ3n) is 4.31. The summed E-state index contributed by atoms with van der Waals surface area (Å²) in [6.45, 7) is 0. The molecule has 1 heterocycles. The Morgan fingerprint density at radius 1 is 1.12 bits per heavy atom. The molecular formula is C20H21N3O3. The molecule has 0 unspecified atom stereocenters. The van der Waals surface area contributed by atoms with Crippen molar-refractivity contribution in [3.8, 4) is 0 Å². The first-order valence-electron chi connectivity index (χ1n) is 8.88. The highest BCUT2D eigenvalue weighted by molar-refractivity contribution is 5.88. The van der Waals surface area contributed by atoms with Crippen LogP contribution >= 0.6 is 0 Å². The number of hydrogen-bond acceptors (Lipinski definition) is 3. The minimum Gasteiger partial charge on any atom is -0.480 e. The molecule has 0 aliphatic heterocycles. The predicted octanol–water partition coefficient (Wildman–Crippen LogP) is 1.85. The lowest BCUT2D eigenvalue weighted by Gasteiger charge is -2.18. The smallest absolute Gasteiger partial charge is 0.326 e. The van der Waals surface area contributed by atoms with Crippen LogP contribution in [0.4, 0.5) is 0 Å². The van der Waals surface area contributed by atoms with E-state index < -0.39 is 24.0 Å². The summed E-state index contributed by atoms with van der Waals surface area (Å²) < 4.78 is 7.43. The van der Waals surface area contributed by atoms with Gasteiger partial charge in [-0.3, -0.25) is 4.79 Å². The number of nitrogens with two attached hydrogens (primary N) is 1. The first-order valence-corrected chi connectivity index (χ1v) is 8.38. The van der Waals surface area contributed by atoms with Crippen molar-refractivity contribution in [3.63, 3.8) is 0 Å².